The third-order valence-electron chi connectivity index (χ3n) is 4.66. The summed E-state index contributed by atoms with van der Waals surface area (Å²) in [5, 5.41) is 5.79. The van der Waals surface area contributed by atoms with E-state index in [2.05, 4.69) is 20.3 Å². The number of hydrogen-bond donors (Lipinski definition) is 3. The number of nitrogens with one attached hydrogen (secondary N) is 3. The van der Waals surface area contributed by atoms with Gasteiger partial charge in [-0.25, -0.2) is 4.98 Å². The predicted molar refractivity (Wildman–Crippen MR) is 116 cm³/mol. The van der Waals surface area contributed by atoms with E-state index >= 15 is 0 Å². The van der Waals surface area contributed by atoms with E-state index in [1.807, 2.05) is 25.2 Å². The van der Waals surface area contributed by atoms with E-state index in [4.69, 9.17) is 4.74 Å². The minimum atomic E-state index is -4.47. The first-order valence-corrected chi connectivity index (χ1v) is 10.2. The highest BCUT2D eigenvalue weighted by Crippen LogP contribution is 2.31. The number of carbonyl (C=O) groups is 1. The second kappa shape index (κ2) is 9.46. The number of aromatic nitrogens is 3. The van der Waals surface area contributed by atoms with Crippen molar-refractivity contribution in [2.24, 2.45) is 5.92 Å². The Bertz CT molecular complexity index is 1080. The fourth-order valence-electron chi connectivity index (χ4n) is 3.24. The molecule has 3 aromatic rings. The number of H-pyrrole nitrogens is 1. The molecule has 1 atom stereocenters. The normalized spacial score (nSPS) is 12.9. The summed E-state index contributed by atoms with van der Waals surface area (Å²) in [6.45, 7) is 5.99. The third-order valence-corrected chi connectivity index (χ3v) is 4.66. The second-order valence-electron chi connectivity index (χ2n) is 8.10. The summed E-state index contributed by atoms with van der Waals surface area (Å²) in [7, 11) is 0. The van der Waals surface area contributed by atoms with Gasteiger partial charge in [0.15, 0.2) is 0 Å². The van der Waals surface area contributed by atoms with Crippen molar-refractivity contribution in [1.29, 1.82) is 0 Å². The van der Waals surface area contributed by atoms with Crippen molar-refractivity contribution >= 4 is 22.6 Å². The standard InChI is InChI=1S/C22H26F3N5O2/c1-12(2)19(21(31)29-11-22(23,24)25)30-15-5-14(7-26-8-15)18-10-28-20-17(18)6-16(9-27-20)32-13(3)4/h5-10,12-13,19,30H,11H2,1-4H3,(H,27,28)(H,29,31)/t19-/m1/s1. The van der Waals surface area contributed by atoms with Gasteiger partial charge in [0.1, 0.15) is 24.0 Å². The van der Waals surface area contributed by atoms with Crippen LogP contribution in [0, 0.1) is 5.92 Å². The third kappa shape index (κ3) is 5.89. The molecule has 0 aromatic carbocycles. The Kier molecular flexibility index (Phi) is 6.90. The van der Waals surface area contributed by atoms with Crippen LogP contribution < -0.4 is 15.4 Å². The molecule has 0 unspecified atom stereocenters. The summed E-state index contributed by atoms with van der Waals surface area (Å²) in [5.74, 6) is -0.341. The molecule has 32 heavy (non-hydrogen) atoms. The Balaban J connectivity index is 1.85. The molecule has 0 aliphatic heterocycles. The van der Waals surface area contributed by atoms with Crippen LogP contribution in [0.15, 0.2) is 36.9 Å². The average molecular weight is 449 g/mol. The van der Waals surface area contributed by atoms with Crippen molar-refractivity contribution in [2.45, 2.75) is 46.0 Å². The molecule has 3 N–H and O–H groups in total. The number of ether oxygens (including phenoxy) is 1. The number of pyridine rings is 2. The predicted octanol–water partition coefficient (Wildman–Crippen LogP) is 4.53. The van der Waals surface area contributed by atoms with Crippen LogP contribution in [0.4, 0.5) is 18.9 Å². The second-order valence-corrected chi connectivity index (χ2v) is 8.10. The monoisotopic (exact) mass is 449 g/mol. The van der Waals surface area contributed by atoms with Gasteiger partial charge in [0.25, 0.3) is 0 Å². The van der Waals surface area contributed by atoms with E-state index in [1.165, 1.54) is 6.20 Å². The lowest BCUT2D eigenvalue weighted by Crippen LogP contribution is -2.46. The summed E-state index contributed by atoms with van der Waals surface area (Å²) < 4.78 is 43.2. The first-order chi connectivity index (χ1) is 15.0. The van der Waals surface area contributed by atoms with E-state index in [0.717, 1.165) is 16.5 Å². The Morgan fingerprint density at radius 3 is 2.56 bits per heavy atom. The first-order valence-electron chi connectivity index (χ1n) is 10.2. The van der Waals surface area contributed by atoms with Crippen molar-refractivity contribution in [2.75, 3.05) is 11.9 Å². The molecule has 172 valence electrons. The average Bonchev–Trinajstić information content (AvgIpc) is 3.12. The van der Waals surface area contributed by atoms with Crippen LogP contribution in [-0.4, -0.2) is 45.7 Å². The topological polar surface area (TPSA) is 91.9 Å². The molecule has 7 nitrogen and oxygen atoms in total. The van der Waals surface area contributed by atoms with Gasteiger partial charge >= 0.3 is 6.18 Å². The van der Waals surface area contributed by atoms with Crippen LogP contribution in [0.5, 0.6) is 5.75 Å². The van der Waals surface area contributed by atoms with Crippen LogP contribution in [0.25, 0.3) is 22.2 Å². The van der Waals surface area contributed by atoms with Crippen molar-refractivity contribution in [3.8, 4) is 16.9 Å². The number of rotatable bonds is 8. The number of amides is 1. The van der Waals surface area contributed by atoms with Gasteiger partial charge in [0.05, 0.1) is 18.0 Å². The molecule has 3 aromatic heterocycles. The fourth-order valence-corrected chi connectivity index (χ4v) is 3.24. The van der Waals surface area contributed by atoms with Crippen LogP contribution in [0.3, 0.4) is 0 Å². The van der Waals surface area contributed by atoms with E-state index in [9.17, 15) is 18.0 Å². The number of fused-ring (bicyclic) bond motifs is 1. The molecule has 0 aliphatic carbocycles. The lowest BCUT2D eigenvalue weighted by atomic mass is 10.0. The number of anilines is 1. The van der Waals surface area contributed by atoms with Crippen molar-refractivity contribution in [1.82, 2.24) is 20.3 Å². The Labute approximate surface area is 183 Å². The molecule has 10 heteroatoms. The maximum Gasteiger partial charge on any atom is 0.405 e. The minimum absolute atomic E-state index is 0.00213. The minimum Gasteiger partial charge on any atom is -0.489 e. The highest BCUT2D eigenvalue weighted by molar-refractivity contribution is 5.94. The zero-order chi connectivity index (χ0) is 23.5. The lowest BCUT2D eigenvalue weighted by molar-refractivity contribution is -0.139. The summed E-state index contributed by atoms with van der Waals surface area (Å²) in [6, 6.07) is 2.82. The molecule has 0 fully saturated rings. The Hall–Kier alpha value is -3.30. The fraction of sp³-hybridized carbons (Fsp3) is 0.409. The Morgan fingerprint density at radius 2 is 1.91 bits per heavy atom. The Morgan fingerprint density at radius 1 is 1.16 bits per heavy atom. The van der Waals surface area contributed by atoms with Crippen LogP contribution in [-0.2, 0) is 4.79 Å². The summed E-state index contributed by atoms with van der Waals surface area (Å²) in [6.07, 6.45) is 2.16. The zero-order valence-corrected chi connectivity index (χ0v) is 18.2. The quantitative estimate of drug-likeness (QED) is 0.470. The lowest BCUT2D eigenvalue weighted by Gasteiger charge is -2.23. The van der Waals surface area contributed by atoms with Crippen LogP contribution in [0.1, 0.15) is 27.7 Å². The van der Waals surface area contributed by atoms with E-state index in [1.54, 1.807) is 38.5 Å². The largest absolute Gasteiger partial charge is 0.489 e. The molecular formula is C22H26F3N5O2. The highest BCUT2D eigenvalue weighted by Gasteiger charge is 2.30. The van der Waals surface area contributed by atoms with E-state index in [0.29, 0.717) is 17.1 Å². The highest BCUT2D eigenvalue weighted by atomic mass is 19.4. The van der Waals surface area contributed by atoms with E-state index < -0.39 is 24.7 Å². The summed E-state index contributed by atoms with van der Waals surface area (Å²) >= 11 is 0. The molecule has 3 heterocycles. The number of nitrogens with zero attached hydrogens (tertiary/aromatic N) is 2. The summed E-state index contributed by atoms with van der Waals surface area (Å²) in [4.78, 5) is 24.0. The van der Waals surface area contributed by atoms with Gasteiger partial charge < -0.3 is 20.4 Å². The number of aromatic amines is 1. The van der Waals surface area contributed by atoms with Crippen molar-refractivity contribution < 1.29 is 22.7 Å². The molecule has 0 saturated carbocycles. The molecular weight excluding hydrogens is 423 g/mol. The number of alkyl halides is 3. The first kappa shape index (κ1) is 23.4. The van der Waals surface area contributed by atoms with Gasteiger partial charge in [-0.05, 0) is 31.9 Å². The maximum atomic E-state index is 12.5. The molecule has 3 rings (SSSR count). The molecule has 0 radical (unpaired) electrons. The van der Waals surface area contributed by atoms with Gasteiger partial charge in [-0.1, -0.05) is 13.8 Å². The molecule has 0 bridgehead atoms. The van der Waals surface area contributed by atoms with Crippen molar-refractivity contribution in [3.05, 3.63) is 36.9 Å². The molecule has 0 aliphatic rings. The van der Waals surface area contributed by atoms with Gasteiger partial charge in [-0.3, -0.25) is 9.78 Å². The van der Waals surface area contributed by atoms with Crippen molar-refractivity contribution in [3.63, 3.8) is 0 Å². The van der Waals surface area contributed by atoms with Crippen LogP contribution in [0.2, 0.25) is 0 Å². The van der Waals surface area contributed by atoms with Gasteiger partial charge in [0, 0.05) is 35.1 Å². The zero-order valence-electron chi connectivity index (χ0n) is 18.2. The van der Waals surface area contributed by atoms with Gasteiger partial charge in [-0.2, -0.15) is 13.2 Å². The molecule has 0 saturated heterocycles. The smallest absolute Gasteiger partial charge is 0.405 e. The molecule has 1 amide bonds. The maximum absolute atomic E-state index is 12.5. The SMILES string of the molecule is CC(C)Oc1cnc2[nH]cc(-c3cncc(N[C@@H](C(=O)NCC(F)(F)F)C(C)C)c3)c2c1. The summed E-state index contributed by atoms with van der Waals surface area (Å²) in [5.41, 5.74) is 2.78. The number of carbonyl (C=O) groups excluding carboxylic acids is 1. The van der Waals surface area contributed by atoms with Gasteiger partial charge in [0.2, 0.25) is 5.91 Å². The van der Waals surface area contributed by atoms with Crippen LogP contribution >= 0.6 is 0 Å². The number of halogens is 3. The van der Waals surface area contributed by atoms with E-state index in [-0.39, 0.29) is 12.0 Å². The molecule has 0 spiro atoms. The van der Waals surface area contributed by atoms with Gasteiger partial charge in [-0.15, -0.1) is 0 Å². The number of hydrogen-bond acceptors (Lipinski definition) is 5.